The van der Waals surface area contributed by atoms with E-state index in [0.717, 1.165) is 18.9 Å². The van der Waals surface area contributed by atoms with E-state index in [1.54, 1.807) is 11.8 Å². The number of rotatable bonds is 3. The second kappa shape index (κ2) is 8.02. The molecular formula is C22H23F4N7O2. The topological polar surface area (TPSA) is 102 Å². The number of benzene rings is 1. The summed E-state index contributed by atoms with van der Waals surface area (Å²) in [5.41, 5.74) is -2.91. The van der Waals surface area contributed by atoms with Crippen molar-refractivity contribution in [1.29, 1.82) is 0 Å². The normalized spacial score (nSPS) is 24.1. The molecule has 5 rings (SSSR count). The van der Waals surface area contributed by atoms with Crippen molar-refractivity contribution >= 4 is 11.7 Å². The van der Waals surface area contributed by atoms with Crippen LogP contribution in [-0.2, 0) is 18.8 Å². The maximum atomic E-state index is 14.9. The van der Waals surface area contributed by atoms with E-state index in [9.17, 15) is 22.4 Å². The molecule has 1 saturated heterocycles. The first kappa shape index (κ1) is 23.2. The van der Waals surface area contributed by atoms with E-state index in [4.69, 9.17) is 4.42 Å². The highest BCUT2D eigenvalue weighted by Crippen LogP contribution is 2.54. The fraction of sp³-hybridized carbons (Fsp3) is 0.500. The van der Waals surface area contributed by atoms with Gasteiger partial charge in [-0.05, 0) is 30.9 Å². The molecule has 1 aliphatic carbocycles. The molecule has 0 radical (unpaired) electrons. The molecule has 1 aromatic carbocycles. The van der Waals surface area contributed by atoms with Gasteiger partial charge in [-0.3, -0.25) is 4.68 Å². The van der Waals surface area contributed by atoms with Gasteiger partial charge in [0.05, 0.1) is 11.3 Å². The molecule has 13 heteroatoms. The molecule has 3 aromatic rings. The first-order valence-electron chi connectivity index (χ1n) is 11.2. The summed E-state index contributed by atoms with van der Waals surface area (Å²) < 4.78 is 62.7. The Bertz CT molecular complexity index is 1290. The van der Waals surface area contributed by atoms with E-state index in [2.05, 4.69) is 25.6 Å². The molecule has 9 nitrogen and oxygen atoms in total. The third-order valence-corrected chi connectivity index (χ3v) is 6.88. The predicted molar refractivity (Wildman–Crippen MR) is 114 cm³/mol. The van der Waals surface area contributed by atoms with Crippen LogP contribution in [-0.4, -0.2) is 41.9 Å². The zero-order chi connectivity index (χ0) is 25.1. The lowest BCUT2D eigenvalue weighted by Crippen LogP contribution is -2.67. The average Bonchev–Trinajstić information content (AvgIpc) is 3.31. The van der Waals surface area contributed by atoms with Crippen LogP contribution in [0, 0.1) is 18.7 Å². The predicted octanol–water partition coefficient (Wildman–Crippen LogP) is 4.65. The molecule has 2 aromatic heterocycles. The van der Waals surface area contributed by atoms with E-state index >= 15 is 0 Å². The van der Waals surface area contributed by atoms with Crippen molar-refractivity contribution in [3.8, 4) is 11.4 Å². The third-order valence-electron chi connectivity index (χ3n) is 6.88. The second-order valence-corrected chi connectivity index (χ2v) is 9.22. The smallest absolute Gasteiger partial charge is 0.417 e. The summed E-state index contributed by atoms with van der Waals surface area (Å²) in [5.74, 6) is -0.617. The largest absolute Gasteiger partial charge is 0.423 e. The first-order valence-corrected chi connectivity index (χ1v) is 11.2. The third kappa shape index (κ3) is 3.82. The Labute approximate surface area is 197 Å². The van der Waals surface area contributed by atoms with Crippen LogP contribution >= 0.6 is 0 Å². The van der Waals surface area contributed by atoms with Crippen LogP contribution in [0.25, 0.3) is 11.4 Å². The van der Waals surface area contributed by atoms with Crippen molar-refractivity contribution in [2.45, 2.75) is 57.3 Å². The number of carbonyl (C=O) groups excluding carboxylic acids is 1. The molecule has 2 fully saturated rings. The van der Waals surface area contributed by atoms with E-state index in [1.807, 2.05) is 6.92 Å². The molecule has 2 amide bonds. The lowest BCUT2D eigenvalue weighted by molar-refractivity contribution is -0.137. The molecule has 2 aliphatic rings. The number of nitrogens with one attached hydrogen (secondary N) is 1. The number of hydrogen-bond donors (Lipinski definition) is 1. The Morgan fingerprint density at radius 1 is 1.29 bits per heavy atom. The fourth-order valence-corrected chi connectivity index (χ4v) is 5.18. The Morgan fingerprint density at radius 3 is 2.69 bits per heavy atom. The monoisotopic (exact) mass is 493 g/mol. The number of amides is 2. The zero-order valence-electron chi connectivity index (χ0n) is 19.2. The van der Waals surface area contributed by atoms with Gasteiger partial charge in [-0.1, -0.05) is 13.3 Å². The minimum atomic E-state index is -4.85. The molecule has 1 N–H and O–H groups in total. The lowest BCUT2D eigenvalue weighted by Gasteiger charge is -2.56. The molecule has 1 saturated carbocycles. The van der Waals surface area contributed by atoms with E-state index < -0.39 is 40.4 Å². The Morgan fingerprint density at radius 2 is 2.06 bits per heavy atom. The maximum absolute atomic E-state index is 14.9. The molecular weight excluding hydrogens is 470 g/mol. The standard InChI is InChI=1S/C22H23F4N7O2/c1-11-5-4-6-21(19-30-29-12(2)35-19)9-17(11)33(21)20(34)28-16-7-13(18-27-10-32(3)31-18)14(8-15(16)23)22(24,25)26/h7-8,10-11,17H,4-6,9H2,1-3H3,(H,28,34)/t11?,17-,21-/m0/s1. The van der Waals surface area contributed by atoms with Gasteiger partial charge in [-0.25, -0.2) is 14.2 Å². The van der Waals surface area contributed by atoms with E-state index in [-0.39, 0.29) is 17.8 Å². The van der Waals surface area contributed by atoms with Gasteiger partial charge in [-0.2, -0.15) is 18.3 Å². The number of carbonyl (C=O) groups is 1. The number of anilines is 1. The number of alkyl halides is 3. The van der Waals surface area contributed by atoms with Crippen molar-refractivity contribution < 1.29 is 26.8 Å². The number of halogens is 4. The van der Waals surface area contributed by atoms with Gasteiger partial charge in [0.2, 0.25) is 11.8 Å². The maximum Gasteiger partial charge on any atom is 0.417 e. The van der Waals surface area contributed by atoms with E-state index in [0.29, 0.717) is 30.7 Å². The average molecular weight is 493 g/mol. The summed E-state index contributed by atoms with van der Waals surface area (Å²) in [6, 6.07) is 0.468. The summed E-state index contributed by atoms with van der Waals surface area (Å²) in [5, 5.41) is 14.4. The van der Waals surface area contributed by atoms with Crippen LogP contribution in [0.3, 0.4) is 0 Å². The molecule has 3 heterocycles. The van der Waals surface area contributed by atoms with Crippen LogP contribution in [0.2, 0.25) is 0 Å². The summed E-state index contributed by atoms with van der Waals surface area (Å²) in [4.78, 5) is 18.9. The number of hydrogen-bond acceptors (Lipinski definition) is 6. The Balaban J connectivity index is 1.52. The quantitative estimate of drug-likeness (QED) is 0.533. The molecule has 0 spiro atoms. The van der Waals surface area contributed by atoms with Gasteiger partial charge in [0, 0.05) is 32.0 Å². The molecule has 3 atom stereocenters. The van der Waals surface area contributed by atoms with Gasteiger partial charge in [0.1, 0.15) is 17.7 Å². The van der Waals surface area contributed by atoms with Gasteiger partial charge in [0.15, 0.2) is 5.82 Å². The number of urea groups is 1. The van der Waals surface area contributed by atoms with Crippen molar-refractivity contribution in [2.24, 2.45) is 13.0 Å². The Kier molecular flexibility index (Phi) is 5.33. The lowest BCUT2D eigenvalue weighted by atomic mass is 9.74. The number of aryl methyl sites for hydroxylation is 2. The number of nitrogens with zero attached hydrogens (tertiary/aromatic N) is 6. The van der Waals surface area contributed by atoms with Crippen LogP contribution in [0.15, 0.2) is 22.9 Å². The van der Waals surface area contributed by atoms with Crippen molar-refractivity contribution in [3.63, 3.8) is 0 Å². The number of likely N-dealkylation sites (tertiary alicyclic amines) is 1. The Hall–Kier alpha value is -3.51. The van der Waals surface area contributed by atoms with Gasteiger partial charge in [0.25, 0.3) is 0 Å². The zero-order valence-corrected chi connectivity index (χ0v) is 19.2. The minimum absolute atomic E-state index is 0.154. The second-order valence-electron chi connectivity index (χ2n) is 9.22. The highest BCUT2D eigenvalue weighted by atomic mass is 19.4. The number of aromatic nitrogens is 5. The summed E-state index contributed by atoms with van der Waals surface area (Å²) >= 11 is 0. The minimum Gasteiger partial charge on any atom is -0.423 e. The molecule has 35 heavy (non-hydrogen) atoms. The van der Waals surface area contributed by atoms with Crippen LogP contribution in [0.1, 0.15) is 50.0 Å². The van der Waals surface area contributed by atoms with Crippen LogP contribution in [0.5, 0.6) is 0 Å². The molecule has 2 bridgehead atoms. The summed E-state index contributed by atoms with van der Waals surface area (Å²) in [6.07, 6.45) is -0.706. The van der Waals surface area contributed by atoms with E-state index in [1.165, 1.54) is 18.1 Å². The highest BCUT2D eigenvalue weighted by molar-refractivity contribution is 5.92. The van der Waals surface area contributed by atoms with Gasteiger partial charge in [-0.15, -0.1) is 10.2 Å². The van der Waals surface area contributed by atoms with Crippen LogP contribution < -0.4 is 5.32 Å². The van der Waals surface area contributed by atoms with Crippen molar-refractivity contribution in [1.82, 2.24) is 29.9 Å². The summed E-state index contributed by atoms with van der Waals surface area (Å²) in [7, 11) is 1.50. The van der Waals surface area contributed by atoms with Crippen molar-refractivity contribution in [2.75, 3.05) is 5.32 Å². The SMILES string of the molecule is Cc1nnc([C@]23CCCC(C)[C@H](C2)N3C(=O)Nc2cc(-c3ncn(C)n3)c(C(F)(F)F)cc2F)o1. The fourth-order valence-electron chi connectivity index (χ4n) is 5.18. The van der Waals surface area contributed by atoms with Crippen LogP contribution in [0.4, 0.5) is 28.0 Å². The summed E-state index contributed by atoms with van der Waals surface area (Å²) in [6.45, 7) is 3.68. The van der Waals surface area contributed by atoms with Gasteiger partial charge < -0.3 is 14.6 Å². The number of fused-ring (bicyclic) bond motifs is 2. The molecule has 1 unspecified atom stereocenters. The molecule has 1 aliphatic heterocycles. The van der Waals surface area contributed by atoms with Gasteiger partial charge >= 0.3 is 12.2 Å². The molecule has 186 valence electrons. The first-order chi connectivity index (χ1) is 16.5. The highest BCUT2D eigenvalue weighted by Gasteiger charge is 2.61. The van der Waals surface area contributed by atoms with Crippen molar-refractivity contribution in [3.05, 3.63) is 41.6 Å².